The van der Waals surface area contributed by atoms with E-state index in [0.29, 0.717) is 13.1 Å². The number of para-hydroxylation sites is 2. The van der Waals surface area contributed by atoms with E-state index >= 15 is 0 Å². The molecule has 1 amide bonds. The Morgan fingerprint density at radius 3 is 2.65 bits per heavy atom. The summed E-state index contributed by atoms with van der Waals surface area (Å²) in [5, 5.41) is 0. The summed E-state index contributed by atoms with van der Waals surface area (Å²) in [7, 11) is 0. The molecule has 0 saturated heterocycles. The van der Waals surface area contributed by atoms with Gasteiger partial charge in [0, 0.05) is 13.1 Å². The third-order valence-corrected chi connectivity index (χ3v) is 4.99. The summed E-state index contributed by atoms with van der Waals surface area (Å²) < 4.78 is 15.0. The van der Waals surface area contributed by atoms with Crippen LogP contribution in [0.25, 0.3) is 16.6 Å². The van der Waals surface area contributed by atoms with Crippen molar-refractivity contribution < 1.29 is 9.18 Å². The van der Waals surface area contributed by atoms with Gasteiger partial charge in [-0.15, -0.1) is 0 Å². The highest BCUT2D eigenvalue weighted by Gasteiger charge is 2.24. The molecule has 1 aliphatic heterocycles. The first-order chi connectivity index (χ1) is 12.6. The molecule has 0 spiro atoms. The molecule has 26 heavy (non-hydrogen) atoms. The molecule has 0 radical (unpaired) electrons. The van der Waals surface area contributed by atoms with Crippen LogP contribution in [0.3, 0.4) is 0 Å². The van der Waals surface area contributed by atoms with Crippen molar-refractivity contribution in [2.24, 2.45) is 0 Å². The Morgan fingerprint density at radius 2 is 1.92 bits per heavy atom. The Labute approximate surface area is 151 Å². The fourth-order valence-corrected chi connectivity index (χ4v) is 3.47. The van der Waals surface area contributed by atoms with E-state index in [1.807, 2.05) is 40.7 Å². The van der Waals surface area contributed by atoms with E-state index in [9.17, 15) is 9.18 Å². The highest BCUT2D eigenvalue weighted by atomic mass is 19.1. The lowest BCUT2D eigenvalue weighted by molar-refractivity contribution is -0.133. The van der Waals surface area contributed by atoms with E-state index in [1.165, 1.54) is 12.1 Å². The Hall–Kier alpha value is -2.95. The summed E-state index contributed by atoms with van der Waals surface area (Å²) in [5.41, 5.74) is 4.04. The average molecular weight is 349 g/mol. The summed E-state index contributed by atoms with van der Waals surface area (Å²) in [6, 6.07) is 14.0. The van der Waals surface area contributed by atoms with Gasteiger partial charge in [0.05, 0.1) is 17.4 Å². The van der Waals surface area contributed by atoms with Gasteiger partial charge in [-0.2, -0.15) is 0 Å². The molecule has 5 heteroatoms. The predicted octanol–water partition coefficient (Wildman–Crippen LogP) is 4.05. The van der Waals surface area contributed by atoms with Crippen LogP contribution in [0.4, 0.5) is 4.39 Å². The summed E-state index contributed by atoms with van der Waals surface area (Å²) in [4.78, 5) is 19.2. The maximum atomic E-state index is 13.1. The monoisotopic (exact) mass is 349 g/mol. The SMILES string of the molecule is CC(C(=O)N1CC=C(c2ccc(F)cc2)CC1)n1cnc2ccccc21. The van der Waals surface area contributed by atoms with Crippen LogP contribution in [-0.2, 0) is 4.79 Å². The number of nitrogens with zero attached hydrogens (tertiary/aromatic N) is 3. The maximum absolute atomic E-state index is 13.1. The van der Waals surface area contributed by atoms with Gasteiger partial charge in [-0.3, -0.25) is 4.79 Å². The lowest BCUT2D eigenvalue weighted by Gasteiger charge is -2.29. The van der Waals surface area contributed by atoms with Crippen LogP contribution in [0, 0.1) is 5.82 Å². The Balaban J connectivity index is 1.50. The molecule has 0 aliphatic carbocycles. The van der Waals surface area contributed by atoms with Gasteiger partial charge >= 0.3 is 0 Å². The van der Waals surface area contributed by atoms with E-state index in [-0.39, 0.29) is 17.8 Å². The molecule has 1 unspecified atom stereocenters. The second-order valence-corrected chi connectivity index (χ2v) is 6.59. The van der Waals surface area contributed by atoms with Crippen molar-refractivity contribution in [1.29, 1.82) is 0 Å². The molecule has 3 aromatic rings. The van der Waals surface area contributed by atoms with Crippen molar-refractivity contribution >= 4 is 22.5 Å². The lowest BCUT2D eigenvalue weighted by atomic mass is 9.99. The predicted molar refractivity (Wildman–Crippen MR) is 100 cm³/mol. The first-order valence-corrected chi connectivity index (χ1v) is 8.79. The number of hydrogen-bond donors (Lipinski definition) is 0. The number of benzene rings is 2. The fourth-order valence-electron chi connectivity index (χ4n) is 3.47. The van der Waals surface area contributed by atoms with Crippen LogP contribution in [-0.4, -0.2) is 33.4 Å². The molecule has 1 aromatic heterocycles. The minimum Gasteiger partial charge on any atom is -0.337 e. The first-order valence-electron chi connectivity index (χ1n) is 8.79. The summed E-state index contributed by atoms with van der Waals surface area (Å²) in [6.45, 7) is 3.15. The third kappa shape index (κ3) is 3.01. The second kappa shape index (κ2) is 6.75. The number of halogens is 1. The zero-order valence-electron chi connectivity index (χ0n) is 14.6. The smallest absolute Gasteiger partial charge is 0.245 e. The molecular weight excluding hydrogens is 329 g/mol. The van der Waals surface area contributed by atoms with Gasteiger partial charge in [0.1, 0.15) is 11.9 Å². The van der Waals surface area contributed by atoms with Gasteiger partial charge in [-0.1, -0.05) is 30.3 Å². The van der Waals surface area contributed by atoms with E-state index in [2.05, 4.69) is 11.1 Å². The number of carbonyl (C=O) groups is 1. The molecule has 1 atom stereocenters. The molecular formula is C21H20FN3O. The minimum atomic E-state index is -0.303. The Morgan fingerprint density at radius 1 is 1.15 bits per heavy atom. The van der Waals surface area contributed by atoms with Gasteiger partial charge in [0.2, 0.25) is 5.91 Å². The molecule has 0 saturated carbocycles. The summed E-state index contributed by atoms with van der Waals surface area (Å²) >= 11 is 0. The second-order valence-electron chi connectivity index (χ2n) is 6.59. The van der Waals surface area contributed by atoms with Crippen molar-refractivity contribution in [1.82, 2.24) is 14.5 Å². The number of fused-ring (bicyclic) bond motifs is 1. The van der Waals surface area contributed by atoms with Gasteiger partial charge in [-0.25, -0.2) is 9.37 Å². The van der Waals surface area contributed by atoms with Gasteiger partial charge in [-0.05, 0) is 48.7 Å². The van der Waals surface area contributed by atoms with Crippen molar-refractivity contribution in [3.05, 3.63) is 72.3 Å². The molecule has 4 rings (SSSR count). The Kier molecular flexibility index (Phi) is 4.29. The summed E-state index contributed by atoms with van der Waals surface area (Å²) in [6.07, 6.45) is 4.57. The maximum Gasteiger partial charge on any atom is 0.245 e. The van der Waals surface area contributed by atoms with Crippen molar-refractivity contribution in [3.63, 3.8) is 0 Å². The van der Waals surface area contributed by atoms with Crippen LogP contribution in [0.15, 0.2) is 60.9 Å². The number of amides is 1. The topological polar surface area (TPSA) is 38.1 Å². The van der Waals surface area contributed by atoms with Crippen LogP contribution >= 0.6 is 0 Å². The number of carbonyl (C=O) groups excluding carboxylic acids is 1. The van der Waals surface area contributed by atoms with E-state index in [4.69, 9.17) is 0 Å². The van der Waals surface area contributed by atoms with Gasteiger partial charge in [0.25, 0.3) is 0 Å². The molecule has 0 fully saturated rings. The Bertz CT molecular complexity index is 974. The number of aromatic nitrogens is 2. The van der Waals surface area contributed by atoms with Crippen molar-refractivity contribution in [2.75, 3.05) is 13.1 Å². The molecule has 2 aromatic carbocycles. The fraction of sp³-hybridized carbons (Fsp3) is 0.238. The van der Waals surface area contributed by atoms with E-state index < -0.39 is 0 Å². The van der Waals surface area contributed by atoms with Crippen LogP contribution in [0.2, 0.25) is 0 Å². The van der Waals surface area contributed by atoms with E-state index in [0.717, 1.165) is 28.6 Å². The molecule has 132 valence electrons. The van der Waals surface area contributed by atoms with Crippen LogP contribution in [0.5, 0.6) is 0 Å². The normalized spacial score (nSPS) is 15.8. The van der Waals surface area contributed by atoms with Crippen LogP contribution < -0.4 is 0 Å². The number of imidazole rings is 1. The average Bonchev–Trinajstić information content (AvgIpc) is 3.12. The summed E-state index contributed by atoms with van der Waals surface area (Å²) in [5.74, 6) is -0.147. The molecule has 1 aliphatic rings. The largest absolute Gasteiger partial charge is 0.337 e. The molecule has 0 bridgehead atoms. The highest BCUT2D eigenvalue weighted by Crippen LogP contribution is 2.25. The van der Waals surface area contributed by atoms with Gasteiger partial charge in [0.15, 0.2) is 0 Å². The number of hydrogen-bond acceptors (Lipinski definition) is 2. The zero-order chi connectivity index (χ0) is 18.1. The molecule has 0 N–H and O–H groups in total. The highest BCUT2D eigenvalue weighted by molar-refractivity contribution is 5.84. The standard InChI is InChI=1S/C21H20FN3O/c1-15(25-14-23-19-4-2-3-5-20(19)25)21(26)24-12-10-17(11-13-24)16-6-8-18(22)9-7-16/h2-10,14-15H,11-13H2,1H3. The molecule has 4 nitrogen and oxygen atoms in total. The van der Waals surface area contributed by atoms with Gasteiger partial charge < -0.3 is 9.47 Å². The first kappa shape index (κ1) is 16.5. The lowest BCUT2D eigenvalue weighted by Crippen LogP contribution is -2.38. The minimum absolute atomic E-state index is 0.0857. The molecule has 2 heterocycles. The zero-order valence-corrected chi connectivity index (χ0v) is 14.6. The van der Waals surface area contributed by atoms with E-state index in [1.54, 1.807) is 18.5 Å². The third-order valence-electron chi connectivity index (χ3n) is 4.99. The quantitative estimate of drug-likeness (QED) is 0.715. The van der Waals surface area contributed by atoms with Crippen molar-refractivity contribution in [2.45, 2.75) is 19.4 Å². The number of rotatable bonds is 3. The van der Waals surface area contributed by atoms with Crippen molar-refractivity contribution in [3.8, 4) is 0 Å². The van der Waals surface area contributed by atoms with Crippen LogP contribution in [0.1, 0.15) is 24.9 Å².